The van der Waals surface area contributed by atoms with Gasteiger partial charge in [0.2, 0.25) is 0 Å². The lowest BCUT2D eigenvalue weighted by Crippen LogP contribution is -2.02. The number of fused-ring (bicyclic) bond motifs is 1. The third kappa shape index (κ3) is 1.26. The second kappa shape index (κ2) is 2.58. The van der Waals surface area contributed by atoms with Crippen molar-refractivity contribution in [2.24, 2.45) is 0 Å². The lowest BCUT2D eigenvalue weighted by atomic mass is 10.2. The summed E-state index contributed by atoms with van der Waals surface area (Å²) in [6.45, 7) is 0. The number of nitrogens with one attached hydrogen (secondary N) is 1. The first kappa shape index (κ1) is 7.79. The van der Waals surface area contributed by atoms with Crippen LogP contribution in [0.2, 0.25) is 0 Å². The summed E-state index contributed by atoms with van der Waals surface area (Å²) in [5.41, 5.74) is -0.152. The van der Waals surface area contributed by atoms with Crippen LogP contribution in [0.4, 0.5) is 4.39 Å². The normalized spacial score (nSPS) is 10.5. The molecule has 1 aromatic carbocycles. The Kier molecular flexibility index (Phi) is 1.55. The quantitative estimate of drug-likeness (QED) is 0.641. The molecule has 4 heteroatoms. The molecule has 0 saturated heterocycles. The molecule has 13 heavy (non-hydrogen) atoms. The molecule has 0 aliphatic carbocycles. The van der Waals surface area contributed by atoms with Crippen LogP contribution in [-0.4, -0.2) is 10.1 Å². The smallest absolute Gasteiger partial charge is 0.252 e. The van der Waals surface area contributed by atoms with Crippen molar-refractivity contribution in [3.63, 3.8) is 0 Å². The van der Waals surface area contributed by atoms with E-state index in [0.29, 0.717) is 10.9 Å². The molecule has 2 rings (SSSR count). The molecular formula is C9H6FNO2. The summed E-state index contributed by atoms with van der Waals surface area (Å²) in [5, 5.41) is 9.73. The summed E-state index contributed by atoms with van der Waals surface area (Å²) in [7, 11) is 0. The molecule has 0 atom stereocenters. The summed E-state index contributed by atoms with van der Waals surface area (Å²) in [5.74, 6) is -0.590. The Balaban J connectivity index is 2.94. The average molecular weight is 179 g/mol. The largest absolute Gasteiger partial charge is 0.507 e. The first-order valence-corrected chi connectivity index (χ1v) is 3.68. The van der Waals surface area contributed by atoms with Crippen molar-refractivity contribution in [2.75, 3.05) is 0 Å². The Morgan fingerprint density at radius 2 is 2.08 bits per heavy atom. The molecular weight excluding hydrogens is 173 g/mol. The van der Waals surface area contributed by atoms with Crippen molar-refractivity contribution in [1.29, 1.82) is 0 Å². The zero-order valence-corrected chi connectivity index (χ0v) is 6.54. The predicted octanol–water partition coefficient (Wildman–Crippen LogP) is 1.37. The Bertz CT molecular complexity index is 518. The third-order valence-electron chi connectivity index (χ3n) is 1.78. The van der Waals surface area contributed by atoms with E-state index >= 15 is 0 Å². The van der Waals surface area contributed by atoms with Crippen LogP contribution in [0.15, 0.2) is 29.1 Å². The molecule has 3 nitrogen and oxygen atoms in total. The van der Waals surface area contributed by atoms with E-state index in [0.717, 1.165) is 12.1 Å². The van der Waals surface area contributed by atoms with E-state index in [1.165, 1.54) is 12.1 Å². The Morgan fingerprint density at radius 1 is 1.31 bits per heavy atom. The molecule has 0 aliphatic rings. The molecule has 0 unspecified atom stereocenters. The summed E-state index contributed by atoms with van der Waals surface area (Å²) >= 11 is 0. The van der Waals surface area contributed by atoms with Gasteiger partial charge in [-0.05, 0) is 18.2 Å². The van der Waals surface area contributed by atoms with E-state index < -0.39 is 11.4 Å². The fourth-order valence-electron chi connectivity index (χ4n) is 1.21. The minimum absolute atomic E-state index is 0.140. The van der Waals surface area contributed by atoms with Gasteiger partial charge in [0.1, 0.15) is 11.6 Å². The number of pyridine rings is 1. The lowest BCUT2D eigenvalue weighted by molar-refractivity contribution is 0.480. The molecule has 0 spiro atoms. The van der Waals surface area contributed by atoms with E-state index in [1.54, 1.807) is 0 Å². The van der Waals surface area contributed by atoms with Gasteiger partial charge in [0.15, 0.2) is 0 Å². The van der Waals surface area contributed by atoms with Crippen LogP contribution < -0.4 is 5.56 Å². The number of aromatic amines is 1. The third-order valence-corrected chi connectivity index (χ3v) is 1.78. The number of hydrogen-bond acceptors (Lipinski definition) is 2. The second-order valence-corrected chi connectivity index (χ2v) is 2.71. The molecule has 0 radical (unpaired) electrons. The number of benzene rings is 1. The van der Waals surface area contributed by atoms with Gasteiger partial charge in [-0.1, -0.05) is 0 Å². The number of H-pyrrole nitrogens is 1. The van der Waals surface area contributed by atoms with Crippen LogP contribution in [0.5, 0.6) is 5.75 Å². The van der Waals surface area contributed by atoms with E-state index in [-0.39, 0.29) is 5.75 Å². The van der Waals surface area contributed by atoms with Gasteiger partial charge in [0.05, 0.1) is 5.52 Å². The van der Waals surface area contributed by atoms with Crippen molar-refractivity contribution in [2.45, 2.75) is 0 Å². The Hall–Kier alpha value is -1.84. The summed E-state index contributed by atoms with van der Waals surface area (Å²) in [6, 6.07) is 4.85. The number of rotatable bonds is 0. The van der Waals surface area contributed by atoms with E-state index in [9.17, 15) is 14.3 Å². The average Bonchev–Trinajstić information content (AvgIpc) is 2.02. The van der Waals surface area contributed by atoms with Gasteiger partial charge >= 0.3 is 0 Å². The van der Waals surface area contributed by atoms with Crippen LogP contribution in [-0.2, 0) is 0 Å². The highest BCUT2D eigenvalue weighted by molar-refractivity contribution is 5.84. The highest BCUT2D eigenvalue weighted by Crippen LogP contribution is 2.20. The van der Waals surface area contributed by atoms with Crippen molar-refractivity contribution in [3.8, 4) is 5.75 Å². The topological polar surface area (TPSA) is 53.1 Å². The van der Waals surface area contributed by atoms with Crippen LogP contribution in [0.25, 0.3) is 10.9 Å². The van der Waals surface area contributed by atoms with Gasteiger partial charge < -0.3 is 10.1 Å². The summed E-state index contributed by atoms with van der Waals surface area (Å²) in [4.78, 5) is 13.3. The molecule has 0 amide bonds. The number of aromatic nitrogens is 1. The highest BCUT2D eigenvalue weighted by atomic mass is 19.1. The number of aromatic hydroxyl groups is 1. The molecule has 0 saturated carbocycles. The van der Waals surface area contributed by atoms with Crippen LogP contribution in [0, 0.1) is 5.82 Å². The SMILES string of the molecule is O=c1cc(O)c2ccc(F)cc2[nH]1. The standard InChI is InChI=1S/C9H6FNO2/c10-5-1-2-6-7(3-5)11-9(13)4-8(6)12/h1-4H,(H2,11,12,13). The van der Waals surface area contributed by atoms with Crippen LogP contribution in [0.1, 0.15) is 0 Å². The lowest BCUT2D eigenvalue weighted by Gasteiger charge is -1.99. The van der Waals surface area contributed by atoms with Gasteiger partial charge in [-0.3, -0.25) is 4.79 Å². The first-order valence-electron chi connectivity index (χ1n) is 3.68. The van der Waals surface area contributed by atoms with Gasteiger partial charge in [0.25, 0.3) is 5.56 Å². The molecule has 0 fully saturated rings. The minimum atomic E-state index is -0.450. The van der Waals surface area contributed by atoms with E-state index in [4.69, 9.17) is 0 Å². The van der Waals surface area contributed by atoms with Crippen molar-refractivity contribution >= 4 is 10.9 Å². The molecule has 66 valence electrons. The maximum atomic E-state index is 12.7. The fraction of sp³-hybridized carbons (Fsp3) is 0. The van der Waals surface area contributed by atoms with E-state index in [2.05, 4.69) is 4.98 Å². The van der Waals surface area contributed by atoms with Gasteiger partial charge in [-0.2, -0.15) is 0 Å². The molecule has 1 aromatic heterocycles. The first-order chi connectivity index (χ1) is 6.16. The fourth-order valence-corrected chi connectivity index (χ4v) is 1.21. The molecule has 2 aromatic rings. The zero-order chi connectivity index (χ0) is 9.42. The maximum absolute atomic E-state index is 12.7. The number of hydrogen-bond donors (Lipinski definition) is 2. The van der Waals surface area contributed by atoms with Crippen molar-refractivity contribution in [3.05, 3.63) is 40.4 Å². The Labute approximate surface area is 72.5 Å². The predicted molar refractivity (Wildman–Crippen MR) is 46.2 cm³/mol. The van der Waals surface area contributed by atoms with Crippen LogP contribution in [0.3, 0.4) is 0 Å². The second-order valence-electron chi connectivity index (χ2n) is 2.71. The van der Waals surface area contributed by atoms with Gasteiger partial charge in [-0.15, -0.1) is 0 Å². The van der Waals surface area contributed by atoms with Gasteiger partial charge in [0, 0.05) is 11.5 Å². The molecule has 2 N–H and O–H groups in total. The summed E-state index contributed by atoms with van der Waals surface area (Å²) in [6.07, 6.45) is 0. The van der Waals surface area contributed by atoms with Crippen molar-refractivity contribution in [1.82, 2.24) is 4.98 Å². The van der Waals surface area contributed by atoms with E-state index in [1.807, 2.05) is 0 Å². The molecule has 0 bridgehead atoms. The number of halogens is 1. The Morgan fingerprint density at radius 3 is 2.85 bits per heavy atom. The summed E-state index contributed by atoms with van der Waals surface area (Å²) < 4.78 is 12.7. The zero-order valence-electron chi connectivity index (χ0n) is 6.54. The minimum Gasteiger partial charge on any atom is -0.507 e. The van der Waals surface area contributed by atoms with Crippen molar-refractivity contribution < 1.29 is 9.50 Å². The highest BCUT2D eigenvalue weighted by Gasteiger charge is 2.01. The molecule has 0 aliphatic heterocycles. The monoisotopic (exact) mass is 179 g/mol. The van der Waals surface area contributed by atoms with Crippen LogP contribution >= 0.6 is 0 Å². The molecule has 1 heterocycles. The van der Waals surface area contributed by atoms with Gasteiger partial charge in [-0.25, -0.2) is 4.39 Å². The maximum Gasteiger partial charge on any atom is 0.252 e.